The van der Waals surface area contributed by atoms with Gasteiger partial charge >= 0.3 is 0 Å². The number of amides is 1. The number of hydrogen-bond acceptors (Lipinski definition) is 1. The van der Waals surface area contributed by atoms with Gasteiger partial charge in [0.1, 0.15) is 0 Å². The van der Waals surface area contributed by atoms with E-state index in [0.717, 1.165) is 31.5 Å². The molecule has 3 atom stereocenters. The first-order chi connectivity index (χ1) is 11.1. The lowest BCUT2D eigenvalue weighted by Crippen LogP contribution is -3.18. The van der Waals surface area contributed by atoms with Crippen LogP contribution in [0.2, 0.25) is 0 Å². The molecule has 1 saturated carbocycles. The molecule has 126 valence electrons. The minimum absolute atomic E-state index is 0.250. The van der Waals surface area contributed by atoms with Crippen LogP contribution in [-0.4, -0.2) is 25.0 Å². The number of likely N-dealkylation sites (tertiary alicyclic amines) is 1. The molecule has 2 fully saturated rings. The number of hydrogen-bond donors (Lipinski definition) is 2. The first-order valence-electron chi connectivity index (χ1n) is 8.34. The molecule has 1 aromatic carbocycles. The van der Waals surface area contributed by atoms with Gasteiger partial charge in [-0.15, -0.1) is 0 Å². The molecule has 2 N–H and O–H groups in total. The molecular weight excluding hydrogens is 305 g/mol. The van der Waals surface area contributed by atoms with E-state index < -0.39 is 17.5 Å². The number of nitrogens with one attached hydrogen (secondary N) is 2. The topological polar surface area (TPSA) is 33.5 Å². The molecule has 0 aromatic heterocycles. The number of rotatable bonds is 3. The maximum absolute atomic E-state index is 13.6. The van der Waals surface area contributed by atoms with Crippen LogP contribution in [0.3, 0.4) is 0 Å². The average molecular weight is 327 g/mol. The fraction of sp³-hybridized carbons (Fsp3) is 0.588. The highest BCUT2D eigenvalue weighted by atomic mass is 19.2. The van der Waals surface area contributed by atoms with Crippen LogP contribution in [0.5, 0.6) is 0 Å². The zero-order valence-electron chi connectivity index (χ0n) is 13.0. The Morgan fingerprint density at radius 1 is 1.09 bits per heavy atom. The second-order valence-corrected chi connectivity index (χ2v) is 6.65. The summed E-state index contributed by atoms with van der Waals surface area (Å²) in [5, 5.41) is 2.38. The van der Waals surface area contributed by atoms with Crippen molar-refractivity contribution < 1.29 is 22.9 Å². The number of halogens is 3. The van der Waals surface area contributed by atoms with E-state index in [1.807, 2.05) is 0 Å². The Morgan fingerprint density at radius 2 is 1.83 bits per heavy atom. The van der Waals surface area contributed by atoms with Crippen molar-refractivity contribution in [1.82, 2.24) is 0 Å². The maximum atomic E-state index is 13.6. The molecule has 1 aliphatic heterocycles. The number of carbonyl (C=O) groups excluding carboxylic acids is 1. The molecule has 1 saturated heterocycles. The van der Waals surface area contributed by atoms with E-state index >= 15 is 0 Å². The molecule has 23 heavy (non-hydrogen) atoms. The number of fused-ring (bicyclic) bond motifs is 1. The Morgan fingerprint density at radius 3 is 2.65 bits per heavy atom. The van der Waals surface area contributed by atoms with Crippen molar-refractivity contribution in [3.63, 3.8) is 0 Å². The molecule has 1 unspecified atom stereocenters. The van der Waals surface area contributed by atoms with Crippen molar-refractivity contribution in [1.29, 1.82) is 0 Å². The maximum Gasteiger partial charge on any atom is 0.279 e. The van der Waals surface area contributed by atoms with Crippen LogP contribution >= 0.6 is 0 Å². The van der Waals surface area contributed by atoms with Crippen LogP contribution in [-0.2, 0) is 4.79 Å². The van der Waals surface area contributed by atoms with E-state index in [1.165, 1.54) is 30.6 Å². The van der Waals surface area contributed by atoms with Gasteiger partial charge < -0.3 is 10.2 Å². The lowest BCUT2D eigenvalue weighted by Gasteiger charge is -2.40. The zero-order chi connectivity index (χ0) is 16.4. The van der Waals surface area contributed by atoms with Gasteiger partial charge in [0.25, 0.3) is 5.91 Å². The Balaban J connectivity index is 1.64. The van der Waals surface area contributed by atoms with Gasteiger partial charge in [-0.25, -0.2) is 13.2 Å². The fourth-order valence-electron chi connectivity index (χ4n) is 4.11. The third kappa shape index (κ3) is 3.52. The van der Waals surface area contributed by atoms with Crippen LogP contribution in [0.1, 0.15) is 38.5 Å². The zero-order valence-corrected chi connectivity index (χ0v) is 13.0. The molecule has 0 radical (unpaired) electrons. The standard InChI is InChI=1S/C17H21F3N2O/c18-12-7-8-13(17(20)16(12)19)21-15(23)10-22-9-3-5-11-4-1-2-6-14(11)22/h7-8,11,14H,1-6,9-10H2,(H,21,23)/p+1/t11-,14-/m0/s1. The van der Waals surface area contributed by atoms with Gasteiger partial charge in [-0.1, -0.05) is 6.42 Å². The summed E-state index contributed by atoms with van der Waals surface area (Å²) in [5.41, 5.74) is -0.300. The highest BCUT2D eigenvalue weighted by Crippen LogP contribution is 2.28. The summed E-state index contributed by atoms with van der Waals surface area (Å²) >= 11 is 0. The van der Waals surface area contributed by atoms with E-state index in [1.54, 1.807) is 0 Å². The van der Waals surface area contributed by atoms with Gasteiger partial charge in [-0.05, 0) is 44.2 Å². The van der Waals surface area contributed by atoms with Gasteiger partial charge in [-0.2, -0.15) is 0 Å². The molecule has 1 heterocycles. The number of piperidine rings is 1. The summed E-state index contributed by atoms with van der Waals surface area (Å²) in [6, 6.07) is 2.37. The predicted octanol–water partition coefficient (Wildman–Crippen LogP) is 2.28. The molecule has 0 bridgehead atoms. The number of benzene rings is 1. The third-order valence-corrected chi connectivity index (χ3v) is 5.20. The molecule has 6 heteroatoms. The van der Waals surface area contributed by atoms with E-state index in [-0.39, 0.29) is 18.1 Å². The third-order valence-electron chi connectivity index (χ3n) is 5.20. The van der Waals surface area contributed by atoms with Gasteiger partial charge in [-0.3, -0.25) is 4.79 Å². The van der Waals surface area contributed by atoms with Crippen LogP contribution in [0, 0.1) is 23.4 Å². The smallest absolute Gasteiger partial charge is 0.279 e. The van der Waals surface area contributed by atoms with Crippen molar-refractivity contribution in [3.8, 4) is 0 Å². The number of carbonyl (C=O) groups is 1. The van der Waals surface area contributed by atoms with E-state index in [2.05, 4.69) is 5.32 Å². The first kappa shape index (κ1) is 16.3. The molecule has 1 aliphatic carbocycles. The summed E-state index contributed by atoms with van der Waals surface area (Å²) in [7, 11) is 0. The van der Waals surface area contributed by atoms with E-state index in [9.17, 15) is 18.0 Å². The van der Waals surface area contributed by atoms with Gasteiger partial charge in [0.15, 0.2) is 24.0 Å². The molecule has 3 rings (SSSR count). The minimum Gasteiger partial charge on any atom is -0.324 e. The number of quaternary nitrogens is 1. The van der Waals surface area contributed by atoms with E-state index in [0.29, 0.717) is 12.0 Å². The molecule has 1 aromatic rings. The minimum atomic E-state index is -1.56. The molecule has 0 spiro atoms. The monoisotopic (exact) mass is 327 g/mol. The Hall–Kier alpha value is -1.56. The van der Waals surface area contributed by atoms with Crippen LogP contribution in [0.25, 0.3) is 0 Å². The Labute approximate surface area is 133 Å². The number of anilines is 1. The van der Waals surface area contributed by atoms with Gasteiger partial charge in [0.05, 0.1) is 18.3 Å². The van der Waals surface area contributed by atoms with Gasteiger partial charge in [0, 0.05) is 5.92 Å². The van der Waals surface area contributed by atoms with Crippen LogP contribution in [0.15, 0.2) is 12.1 Å². The Kier molecular flexibility index (Phi) is 4.90. The summed E-state index contributed by atoms with van der Waals surface area (Å²) < 4.78 is 39.8. The van der Waals surface area contributed by atoms with E-state index in [4.69, 9.17) is 0 Å². The second kappa shape index (κ2) is 6.91. The van der Waals surface area contributed by atoms with Crippen molar-refractivity contribution in [3.05, 3.63) is 29.6 Å². The lowest BCUT2D eigenvalue weighted by molar-refractivity contribution is -0.928. The SMILES string of the molecule is O=C(C[NH+]1CCC[C@@H]2CCCC[C@@H]21)Nc1ccc(F)c(F)c1F. The highest BCUT2D eigenvalue weighted by molar-refractivity contribution is 5.91. The van der Waals surface area contributed by atoms with Crippen molar-refractivity contribution in [2.45, 2.75) is 44.6 Å². The fourth-order valence-corrected chi connectivity index (χ4v) is 4.11. The van der Waals surface area contributed by atoms with Crippen molar-refractivity contribution >= 4 is 11.6 Å². The molecule has 2 aliphatic rings. The Bertz CT molecular complexity index is 591. The van der Waals surface area contributed by atoms with Gasteiger partial charge in [0.2, 0.25) is 0 Å². The summed E-state index contributed by atoms with van der Waals surface area (Å²) in [5.74, 6) is -3.83. The first-order valence-corrected chi connectivity index (χ1v) is 8.34. The quantitative estimate of drug-likeness (QED) is 0.821. The van der Waals surface area contributed by atoms with Crippen LogP contribution < -0.4 is 10.2 Å². The second-order valence-electron chi connectivity index (χ2n) is 6.65. The predicted molar refractivity (Wildman–Crippen MR) is 80.6 cm³/mol. The summed E-state index contributed by atoms with van der Waals surface area (Å²) in [6.45, 7) is 1.19. The van der Waals surface area contributed by atoms with Crippen LogP contribution in [0.4, 0.5) is 18.9 Å². The lowest BCUT2D eigenvalue weighted by atomic mass is 9.78. The summed E-state index contributed by atoms with van der Waals surface area (Å²) in [6.07, 6.45) is 7.15. The van der Waals surface area contributed by atoms with Crippen molar-refractivity contribution in [2.24, 2.45) is 5.92 Å². The highest BCUT2D eigenvalue weighted by Gasteiger charge is 2.37. The van der Waals surface area contributed by atoms with Crippen molar-refractivity contribution in [2.75, 3.05) is 18.4 Å². The summed E-state index contributed by atoms with van der Waals surface area (Å²) in [4.78, 5) is 13.4. The molecule has 1 amide bonds. The average Bonchev–Trinajstić information content (AvgIpc) is 2.56. The normalized spacial score (nSPS) is 27.3. The molecular formula is C17H22F3N2O+. The largest absolute Gasteiger partial charge is 0.324 e. The molecule has 3 nitrogen and oxygen atoms in total.